The van der Waals surface area contributed by atoms with Crippen LogP contribution in [0.2, 0.25) is 0 Å². The average molecular weight is 429 g/mol. The fourth-order valence-corrected chi connectivity index (χ4v) is 3.96. The maximum absolute atomic E-state index is 12.5. The van der Waals surface area contributed by atoms with Crippen molar-refractivity contribution in [2.75, 3.05) is 0 Å². The zero-order valence-electron chi connectivity index (χ0n) is 16.0. The molecule has 30 heavy (non-hydrogen) atoms. The number of aryl methyl sites for hydroxylation is 1. The summed E-state index contributed by atoms with van der Waals surface area (Å²) < 4.78 is 37.9. The van der Waals surface area contributed by atoms with E-state index in [4.69, 9.17) is 9.15 Å². The maximum atomic E-state index is 12.5. The molecule has 0 amide bonds. The number of nitrogens with one attached hydrogen (secondary N) is 1. The van der Waals surface area contributed by atoms with Gasteiger partial charge in [-0.15, -0.1) is 0 Å². The zero-order chi connectivity index (χ0) is 21.7. The summed E-state index contributed by atoms with van der Waals surface area (Å²) in [7, 11) is -3.88. The lowest BCUT2D eigenvalue weighted by molar-refractivity contribution is 0.0647. The first kappa shape index (κ1) is 21.3. The Morgan fingerprint density at radius 2 is 1.77 bits per heavy atom. The maximum Gasteiger partial charge on any atom is 0.375 e. The van der Waals surface area contributed by atoms with Crippen LogP contribution in [0.1, 0.15) is 27.4 Å². The minimum Gasteiger partial charge on any atom is -0.481 e. The van der Waals surface area contributed by atoms with Crippen molar-refractivity contribution in [1.82, 2.24) is 4.72 Å². The molecule has 1 aromatic heterocycles. The van der Waals surface area contributed by atoms with E-state index in [9.17, 15) is 23.1 Å². The Morgan fingerprint density at radius 3 is 2.43 bits per heavy atom. The summed E-state index contributed by atoms with van der Waals surface area (Å²) in [6.45, 7) is 1.23. The molecular weight excluding hydrogens is 410 g/mol. The molecule has 156 valence electrons. The summed E-state index contributed by atoms with van der Waals surface area (Å²) in [5, 5.41) is 9.40. The second kappa shape index (κ2) is 8.93. The molecule has 0 radical (unpaired) electrons. The summed E-state index contributed by atoms with van der Waals surface area (Å²) in [6, 6.07) is 16.3. The Morgan fingerprint density at radius 1 is 1.10 bits per heavy atom. The molecule has 3 aromatic rings. The van der Waals surface area contributed by atoms with E-state index in [0.29, 0.717) is 5.56 Å². The molecule has 2 N–H and O–H groups in total. The first-order valence-corrected chi connectivity index (χ1v) is 10.4. The molecule has 8 nitrogen and oxygen atoms in total. The Kier molecular flexibility index (Phi) is 6.34. The number of sulfonamides is 1. The lowest BCUT2D eigenvalue weighted by Crippen LogP contribution is -2.25. The lowest BCUT2D eigenvalue weighted by atomic mass is 10.2. The number of hydrogen-bond donors (Lipinski definition) is 2. The number of carbonyl (C=O) groups is 1. The smallest absolute Gasteiger partial charge is 0.375 e. The van der Waals surface area contributed by atoms with Gasteiger partial charge in [0.25, 0.3) is 5.76 Å². The van der Waals surface area contributed by atoms with E-state index in [2.05, 4.69) is 4.72 Å². The molecule has 2 aromatic carbocycles. The van der Waals surface area contributed by atoms with Crippen molar-refractivity contribution in [3.63, 3.8) is 0 Å². The van der Waals surface area contributed by atoms with Crippen LogP contribution in [-0.4, -0.2) is 19.5 Å². The van der Waals surface area contributed by atoms with Crippen LogP contribution < -0.4 is 14.9 Å². The van der Waals surface area contributed by atoms with Crippen molar-refractivity contribution < 1.29 is 27.5 Å². The van der Waals surface area contributed by atoms with Gasteiger partial charge in [-0.3, -0.25) is 4.79 Å². The van der Waals surface area contributed by atoms with Gasteiger partial charge in [-0.1, -0.05) is 48.5 Å². The van der Waals surface area contributed by atoms with Crippen LogP contribution in [-0.2, 0) is 23.2 Å². The normalized spacial score (nSPS) is 11.2. The molecule has 0 fully saturated rings. The van der Waals surface area contributed by atoms with Crippen LogP contribution in [0, 0.1) is 6.92 Å². The number of rotatable bonds is 8. The monoisotopic (exact) mass is 429 g/mol. The van der Waals surface area contributed by atoms with E-state index >= 15 is 0 Å². The van der Waals surface area contributed by atoms with Gasteiger partial charge in [0, 0.05) is 6.07 Å². The summed E-state index contributed by atoms with van der Waals surface area (Å²) in [5.74, 6) is -2.79. The SMILES string of the molecule is Cc1ccccc1S(=O)(=O)NCc1cc(=O)c(OCc2ccccc2)c(C(=O)O)o1. The highest BCUT2D eigenvalue weighted by atomic mass is 32.2. The van der Waals surface area contributed by atoms with E-state index in [1.165, 1.54) is 6.07 Å². The Labute approximate surface area is 172 Å². The number of ether oxygens (including phenoxy) is 1. The standard InChI is InChI=1S/C21H19NO7S/c1-14-7-5-6-10-18(14)30(26,27)22-12-16-11-17(23)19(20(29-16)21(24)25)28-13-15-8-3-2-4-9-15/h2-11,22H,12-13H2,1H3,(H,24,25). The fourth-order valence-electron chi connectivity index (χ4n) is 2.73. The first-order chi connectivity index (χ1) is 14.3. The molecule has 9 heteroatoms. The molecule has 3 rings (SSSR count). The third kappa shape index (κ3) is 4.94. The summed E-state index contributed by atoms with van der Waals surface area (Å²) in [5.41, 5.74) is 0.560. The van der Waals surface area contributed by atoms with Gasteiger partial charge in [0.1, 0.15) is 12.4 Å². The van der Waals surface area contributed by atoms with Crippen LogP contribution in [0.15, 0.2) is 74.8 Å². The Bertz CT molecular complexity index is 1220. The number of benzene rings is 2. The zero-order valence-corrected chi connectivity index (χ0v) is 16.8. The molecule has 0 unspecified atom stereocenters. The van der Waals surface area contributed by atoms with Crippen LogP contribution in [0.3, 0.4) is 0 Å². The number of carboxylic acid groups (broad SMARTS) is 1. The van der Waals surface area contributed by atoms with Gasteiger partial charge in [0.2, 0.25) is 21.2 Å². The second-order valence-corrected chi connectivity index (χ2v) is 8.14. The molecule has 0 aliphatic carbocycles. The van der Waals surface area contributed by atoms with Crippen molar-refractivity contribution in [3.05, 3.63) is 93.5 Å². The predicted molar refractivity (Wildman–Crippen MR) is 108 cm³/mol. The van der Waals surface area contributed by atoms with Crippen molar-refractivity contribution >= 4 is 16.0 Å². The molecule has 0 saturated heterocycles. The van der Waals surface area contributed by atoms with Crippen molar-refractivity contribution in [3.8, 4) is 5.75 Å². The van der Waals surface area contributed by atoms with E-state index < -0.39 is 39.5 Å². The van der Waals surface area contributed by atoms with Crippen LogP contribution >= 0.6 is 0 Å². The molecule has 0 saturated carbocycles. The van der Waals surface area contributed by atoms with Crippen molar-refractivity contribution in [2.24, 2.45) is 0 Å². The number of carboxylic acids is 1. The van der Waals surface area contributed by atoms with E-state index in [-0.39, 0.29) is 17.3 Å². The molecular formula is C21H19NO7S. The molecule has 0 bridgehead atoms. The quantitative estimate of drug-likeness (QED) is 0.564. The number of aromatic carboxylic acids is 1. The fraction of sp³-hybridized carbons (Fsp3) is 0.143. The third-order valence-electron chi connectivity index (χ3n) is 4.20. The number of hydrogen-bond acceptors (Lipinski definition) is 6. The summed E-state index contributed by atoms with van der Waals surface area (Å²) in [6.07, 6.45) is 0. The van der Waals surface area contributed by atoms with Crippen molar-refractivity contribution in [1.29, 1.82) is 0 Å². The van der Waals surface area contributed by atoms with Gasteiger partial charge < -0.3 is 14.3 Å². The molecule has 0 aliphatic heterocycles. The first-order valence-electron chi connectivity index (χ1n) is 8.90. The Balaban J connectivity index is 1.82. The topological polar surface area (TPSA) is 123 Å². The van der Waals surface area contributed by atoms with E-state index in [1.807, 2.05) is 6.07 Å². The third-order valence-corrected chi connectivity index (χ3v) is 5.76. The summed E-state index contributed by atoms with van der Waals surface area (Å²) in [4.78, 5) is 24.0. The van der Waals surface area contributed by atoms with E-state index in [1.54, 1.807) is 49.4 Å². The highest BCUT2D eigenvalue weighted by Gasteiger charge is 2.22. The van der Waals surface area contributed by atoms with Gasteiger partial charge in [0.15, 0.2) is 0 Å². The highest BCUT2D eigenvalue weighted by Crippen LogP contribution is 2.19. The van der Waals surface area contributed by atoms with Gasteiger partial charge >= 0.3 is 5.97 Å². The second-order valence-electron chi connectivity index (χ2n) is 6.40. The van der Waals surface area contributed by atoms with Crippen LogP contribution in [0.25, 0.3) is 0 Å². The molecule has 0 atom stereocenters. The Hall–Kier alpha value is -3.43. The predicted octanol–water partition coefficient (Wildman–Crippen LogP) is 2.70. The van der Waals surface area contributed by atoms with Gasteiger partial charge in [0.05, 0.1) is 11.4 Å². The van der Waals surface area contributed by atoms with Crippen molar-refractivity contribution in [2.45, 2.75) is 25.0 Å². The lowest BCUT2D eigenvalue weighted by Gasteiger charge is -2.11. The van der Waals surface area contributed by atoms with Gasteiger partial charge in [-0.05, 0) is 24.1 Å². The van der Waals surface area contributed by atoms with Gasteiger partial charge in [-0.2, -0.15) is 0 Å². The molecule has 0 spiro atoms. The van der Waals surface area contributed by atoms with Crippen LogP contribution in [0.4, 0.5) is 0 Å². The van der Waals surface area contributed by atoms with Crippen LogP contribution in [0.5, 0.6) is 5.75 Å². The molecule has 0 aliphatic rings. The minimum atomic E-state index is -3.88. The molecule has 1 heterocycles. The van der Waals surface area contributed by atoms with E-state index in [0.717, 1.165) is 11.6 Å². The summed E-state index contributed by atoms with van der Waals surface area (Å²) >= 11 is 0. The highest BCUT2D eigenvalue weighted by molar-refractivity contribution is 7.89. The van der Waals surface area contributed by atoms with Gasteiger partial charge in [-0.25, -0.2) is 17.9 Å². The minimum absolute atomic E-state index is 0.0227. The average Bonchev–Trinajstić information content (AvgIpc) is 2.72. The largest absolute Gasteiger partial charge is 0.481 e.